The molecule has 2 heterocycles. The average Bonchev–Trinajstić information content (AvgIpc) is 3.39. The number of rotatable bonds is 7. The number of para-hydroxylation sites is 1. The highest BCUT2D eigenvalue weighted by Crippen LogP contribution is 2.28. The molecule has 2 atom stereocenters. The van der Waals surface area contributed by atoms with Gasteiger partial charge >= 0.3 is 0 Å². The fourth-order valence-electron chi connectivity index (χ4n) is 5.75. The van der Waals surface area contributed by atoms with Crippen LogP contribution in [0.25, 0.3) is 21.7 Å². The van der Waals surface area contributed by atoms with Crippen LogP contribution in [0.4, 0.5) is 10.1 Å². The van der Waals surface area contributed by atoms with Crippen molar-refractivity contribution in [2.45, 2.75) is 19.5 Å². The van der Waals surface area contributed by atoms with E-state index in [0.29, 0.717) is 38.3 Å². The molecule has 0 spiro atoms. The third-order valence-corrected chi connectivity index (χ3v) is 7.78. The van der Waals surface area contributed by atoms with Crippen LogP contribution in [0.5, 0.6) is 0 Å². The minimum atomic E-state index is -0.391. The average molecular weight is 535 g/mol. The Balaban J connectivity index is 1.20. The molecular weight excluding hydrogens is 503 g/mol. The molecule has 1 aliphatic rings. The monoisotopic (exact) mass is 534 g/mol. The summed E-state index contributed by atoms with van der Waals surface area (Å²) < 4.78 is 13.4. The number of amides is 2. The number of H-pyrrole nitrogens is 1. The number of aromatic amines is 1. The Kier molecular flexibility index (Phi) is 7.29. The highest BCUT2D eigenvalue weighted by molar-refractivity contribution is 5.93. The lowest BCUT2D eigenvalue weighted by Crippen LogP contribution is -2.48. The molecule has 6 nitrogen and oxygen atoms in total. The number of likely N-dealkylation sites (tertiary alicyclic amines) is 1. The van der Waals surface area contributed by atoms with Gasteiger partial charge in [-0.05, 0) is 58.7 Å². The van der Waals surface area contributed by atoms with Crippen LogP contribution in [0, 0.1) is 17.7 Å². The minimum absolute atomic E-state index is 0.0591. The van der Waals surface area contributed by atoms with Crippen LogP contribution in [-0.4, -0.2) is 34.8 Å². The molecule has 1 aliphatic heterocycles. The molecule has 202 valence electrons. The van der Waals surface area contributed by atoms with Gasteiger partial charge in [-0.1, -0.05) is 60.7 Å². The number of hydrogen-bond acceptors (Lipinski definition) is 3. The predicted octanol–water partition coefficient (Wildman–Crippen LogP) is 5.85. The number of nitrogens with zero attached hydrogens (tertiary/aromatic N) is 1. The Labute approximate surface area is 232 Å². The maximum atomic E-state index is 13.5. The van der Waals surface area contributed by atoms with Crippen molar-refractivity contribution in [3.8, 4) is 0 Å². The summed E-state index contributed by atoms with van der Waals surface area (Å²) in [5.41, 5.74) is 3.79. The van der Waals surface area contributed by atoms with E-state index < -0.39 is 5.92 Å². The molecule has 7 heteroatoms. The largest absolute Gasteiger partial charge is 0.361 e. The van der Waals surface area contributed by atoms with Crippen LogP contribution in [0.2, 0.25) is 0 Å². The minimum Gasteiger partial charge on any atom is -0.361 e. The standard InChI is InChI=1S/C33H31FN4O2/c34-27-12-14-28(15-13-27)37-33(40)25-16-24(19-38(20-25)21-26-18-35-31-11-4-3-10-30(26)31)32(39)36-17-23-8-5-7-22-6-1-2-9-29(22)23/h1-15,18,24-25,35H,16-17,19-21H2,(H,36,39)(H,37,40)/t24-,25+/m0/s1. The van der Waals surface area contributed by atoms with Crippen molar-refractivity contribution in [1.29, 1.82) is 0 Å². The molecule has 0 saturated carbocycles. The zero-order valence-corrected chi connectivity index (χ0v) is 22.1. The Morgan fingerprint density at radius 1 is 0.800 bits per heavy atom. The van der Waals surface area contributed by atoms with E-state index in [9.17, 15) is 14.0 Å². The van der Waals surface area contributed by atoms with E-state index in [1.807, 2.05) is 48.7 Å². The SMILES string of the molecule is O=C(NCc1cccc2ccccc12)[C@H]1C[C@@H](C(=O)Nc2ccc(F)cc2)CN(Cc2c[nH]c3ccccc23)C1. The Hall–Kier alpha value is -4.49. The van der Waals surface area contributed by atoms with Gasteiger partial charge in [0.15, 0.2) is 0 Å². The summed E-state index contributed by atoms with van der Waals surface area (Å²) in [7, 11) is 0. The first-order chi connectivity index (χ1) is 19.5. The fraction of sp³-hybridized carbons (Fsp3) is 0.212. The first-order valence-corrected chi connectivity index (χ1v) is 13.6. The van der Waals surface area contributed by atoms with Gasteiger partial charge in [0.1, 0.15) is 5.82 Å². The molecule has 6 rings (SSSR count). The molecule has 40 heavy (non-hydrogen) atoms. The smallest absolute Gasteiger partial charge is 0.228 e. The lowest BCUT2D eigenvalue weighted by Gasteiger charge is -2.36. The highest BCUT2D eigenvalue weighted by atomic mass is 19.1. The van der Waals surface area contributed by atoms with E-state index >= 15 is 0 Å². The molecule has 3 N–H and O–H groups in total. The molecule has 2 amide bonds. The lowest BCUT2D eigenvalue weighted by atomic mass is 9.87. The van der Waals surface area contributed by atoms with Crippen LogP contribution >= 0.6 is 0 Å². The summed E-state index contributed by atoms with van der Waals surface area (Å²) in [6.45, 7) is 2.13. The maximum absolute atomic E-state index is 13.5. The molecule has 1 fully saturated rings. The molecule has 5 aromatic rings. The van der Waals surface area contributed by atoms with E-state index in [1.54, 1.807) is 12.1 Å². The van der Waals surface area contributed by atoms with Crippen LogP contribution in [0.3, 0.4) is 0 Å². The summed E-state index contributed by atoms with van der Waals surface area (Å²) in [6, 6.07) is 28.1. The first-order valence-electron chi connectivity index (χ1n) is 13.6. The van der Waals surface area contributed by atoms with Crippen LogP contribution in [0.15, 0.2) is 97.2 Å². The second-order valence-corrected chi connectivity index (χ2v) is 10.5. The molecule has 1 saturated heterocycles. The van der Waals surface area contributed by atoms with Crippen molar-refractivity contribution in [3.63, 3.8) is 0 Å². The van der Waals surface area contributed by atoms with Crippen molar-refractivity contribution in [2.24, 2.45) is 11.8 Å². The second kappa shape index (κ2) is 11.3. The summed E-state index contributed by atoms with van der Waals surface area (Å²) in [6.07, 6.45) is 2.45. The van der Waals surface area contributed by atoms with Crippen LogP contribution in [-0.2, 0) is 22.7 Å². The second-order valence-electron chi connectivity index (χ2n) is 10.5. The first kappa shape index (κ1) is 25.8. The van der Waals surface area contributed by atoms with E-state index in [2.05, 4.69) is 44.8 Å². The molecule has 4 aromatic carbocycles. The molecular formula is C33H31FN4O2. The summed E-state index contributed by atoms with van der Waals surface area (Å²) in [4.78, 5) is 32.4. The zero-order valence-electron chi connectivity index (χ0n) is 22.1. The number of nitrogens with one attached hydrogen (secondary N) is 3. The number of carbonyl (C=O) groups is 2. The number of aromatic nitrogens is 1. The molecule has 0 bridgehead atoms. The number of benzene rings is 4. The van der Waals surface area contributed by atoms with Gasteiger partial charge in [0.25, 0.3) is 0 Å². The fourth-order valence-corrected chi connectivity index (χ4v) is 5.75. The van der Waals surface area contributed by atoms with Gasteiger partial charge in [-0.3, -0.25) is 14.5 Å². The number of anilines is 1. The van der Waals surface area contributed by atoms with Gasteiger partial charge in [0, 0.05) is 49.0 Å². The van der Waals surface area contributed by atoms with Gasteiger partial charge in [0.05, 0.1) is 11.8 Å². The van der Waals surface area contributed by atoms with Crippen molar-refractivity contribution < 1.29 is 14.0 Å². The van der Waals surface area contributed by atoms with Crippen molar-refractivity contribution in [1.82, 2.24) is 15.2 Å². The van der Waals surface area contributed by atoms with E-state index in [4.69, 9.17) is 0 Å². The normalized spacial score (nSPS) is 17.6. The summed E-state index contributed by atoms with van der Waals surface area (Å²) in [5.74, 6) is -1.32. The summed E-state index contributed by atoms with van der Waals surface area (Å²) >= 11 is 0. The van der Waals surface area contributed by atoms with Gasteiger partial charge < -0.3 is 15.6 Å². The van der Waals surface area contributed by atoms with Gasteiger partial charge in [-0.2, -0.15) is 0 Å². The third kappa shape index (κ3) is 5.60. The zero-order chi connectivity index (χ0) is 27.5. The molecule has 0 unspecified atom stereocenters. The number of carbonyl (C=O) groups excluding carboxylic acids is 2. The van der Waals surface area contributed by atoms with Gasteiger partial charge in [-0.25, -0.2) is 4.39 Å². The van der Waals surface area contributed by atoms with E-state index in [1.165, 1.54) is 12.1 Å². The third-order valence-electron chi connectivity index (χ3n) is 7.78. The quantitative estimate of drug-likeness (QED) is 0.245. The lowest BCUT2D eigenvalue weighted by molar-refractivity contribution is -0.130. The highest BCUT2D eigenvalue weighted by Gasteiger charge is 2.35. The number of fused-ring (bicyclic) bond motifs is 2. The van der Waals surface area contributed by atoms with Crippen LogP contribution < -0.4 is 10.6 Å². The topological polar surface area (TPSA) is 77.2 Å². The van der Waals surface area contributed by atoms with E-state index in [0.717, 1.165) is 32.8 Å². The predicted molar refractivity (Wildman–Crippen MR) is 156 cm³/mol. The van der Waals surface area contributed by atoms with Crippen molar-refractivity contribution >= 4 is 39.2 Å². The Bertz CT molecular complexity index is 1660. The molecule has 0 radical (unpaired) electrons. The van der Waals surface area contributed by atoms with Crippen molar-refractivity contribution in [2.75, 3.05) is 18.4 Å². The Morgan fingerprint density at radius 2 is 1.50 bits per heavy atom. The molecule has 1 aromatic heterocycles. The van der Waals surface area contributed by atoms with Crippen LogP contribution in [0.1, 0.15) is 17.5 Å². The number of piperidine rings is 1. The summed E-state index contributed by atoms with van der Waals surface area (Å²) in [5, 5.41) is 9.44. The number of hydrogen-bond donors (Lipinski definition) is 3. The number of halogens is 1. The van der Waals surface area contributed by atoms with Gasteiger partial charge in [0.2, 0.25) is 11.8 Å². The molecule has 0 aliphatic carbocycles. The Morgan fingerprint density at radius 3 is 2.33 bits per heavy atom. The van der Waals surface area contributed by atoms with E-state index in [-0.39, 0.29) is 23.5 Å². The van der Waals surface area contributed by atoms with Crippen molar-refractivity contribution in [3.05, 3.63) is 114 Å². The maximum Gasteiger partial charge on any atom is 0.228 e. The van der Waals surface area contributed by atoms with Gasteiger partial charge in [-0.15, -0.1) is 0 Å².